The summed E-state index contributed by atoms with van der Waals surface area (Å²) in [5.41, 5.74) is 6.48. The van der Waals surface area contributed by atoms with Gasteiger partial charge in [-0.3, -0.25) is 9.59 Å². The van der Waals surface area contributed by atoms with Gasteiger partial charge in [-0.05, 0) is 48.4 Å². The van der Waals surface area contributed by atoms with Gasteiger partial charge in [0.25, 0.3) is 5.91 Å². The van der Waals surface area contributed by atoms with E-state index in [1.54, 1.807) is 0 Å². The average molecular weight is 455 g/mol. The van der Waals surface area contributed by atoms with E-state index in [2.05, 4.69) is 23.0 Å². The van der Waals surface area contributed by atoms with Crippen LogP contribution in [0, 0.1) is 5.92 Å². The lowest BCUT2D eigenvalue weighted by atomic mass is 9.87. The molecule has 0 bridgehead atoms. The summed E-state index contributed by atoms with van der Waals surface area (Å²) in [5.74, 6) is 0.854. The van der Waals surface area contributed by atoms with Crippen molar-refractivity contribution in [2.45, 2.75) is 32.6 Å². The van der Waals surface area contributed by atoms with Crippen molar-refractivity contribution in [2.24, 2.45) is 5.92 Å². The summed E-state index contributed by atoms with van der Waals surface area (Å²) in [5, 5.41) is 2.29. The molecule has 2 N–H and O–H groups in total. The van der Waals surface area contributed by atoms with Crippen LogP contribution in [-0.4, -0.2) is 57.8 Å². The lowest BCUT2D eigenvalue weighted by Crippen LogP contribution is -2.51. The predicted molar refractivity (Wildman–Crippen MR) is 134 cm³/mol. The smallest absolute Gasteiger partial charge is 0.256 e. The third-order valence-electron chi connectivity index (χ3n) is 7.64. The fraction of sp³-hybridized carbons (Fsp3) is 0.357. The number of hydrogen-bond acceptors (Lipinski definition) is 2. The molecule has 0 radical (unpaired) electrons. The molecule has 4 aromatic rings. The summed E-state index contributed by atoms with van der Waals surface area (Å²) >= 11 is 0. The first kappa shape index (κ1) is 21.0. The maximum Gasteiger partial charge on any atom is 0.256 e. The highest BCUT2D eigenvalue weighted by atomic mass is 16.2. The number of piperazine rings is 1. The molecular formula is C28H30N4O2. The number of para-hydroxylation sites is 2. The molecule has 2 aromatic heterocycles. The van der Waals surface area contributed by atoms with Crippen molar-refractivity contribution in [1.29, 1.82) is 0 Å². The van der Waals surface area contributed by atoms with Crippen molar-refractivity contribution < 1.29 is 9.59 Å². The fourth-order valence-corrected chi connectivity index (χ4v) is 5.68. The minimum absolute atomic E-state index is 0.0565. The van der Waals surface area contributed by atoms with Gasteiger partial charge in [0.2, 0.25) is 5.91 Å². The van der Waals surface area contributed by atoms with Gasteiger partial charge in [0.15, 0.2) is 0 Å². The SMILES string of the molecule is CC1CCc2[nH]c3c(C(=O)N4CCN(C(=O)Cc5c[nH]c6ccccc56)CC4)cccc3c2C1. The molecule has 6 rings (SSSR count). The normalized spacial score (nSPS) is 18.4. The zero-order chi connectivity index (χ0) is 23.2. The molecule has 1 fully saturated rings. The van der Waals surface area contributed by atoms with E-state index in [4.69, 9.17) is 0 Å². The minimum atomic E-state index is 0.0565. The number of H-pyrrole nitrogens is 2. The van der Waals surface area contributed by atoms with Crippen LogP contribution in [0.15, 0.2) is 48.7 Å². The molecule has 6 heteroatoms. The maximum absolute atomic E-state index is 13.5. The zero-order valence-corrected chi connectivity index (χ0v) is 19.6. The number of carbonyl (C=O) groups excluding carboxylic acids is 2. The minimum Gasteiger partial charge on any atom is -0.361 e. The zero-order valence-electron chi connectivity index (χ0n) is 19.6. The molecule has 2 aromatic carbocycles. The summed E-state index contributed by atoms with van der Waals surface area (Å²) in [4.78, 5) is 37.0. The molecule has 2 amide bonds. The molecule has 1 aliphatic heterocycles. The fourth-order valence-electron chi connectivity index (χ4n) is 5.68. The second-order valence-electron chi connectivity index (χ2n) is 9.87. The van der Waals surface area contributed by atoms with Crippen LogP contribution in [0.5, 0.6) is 0 Å². The van der Waals surface area contributed by atoms with Gasteiger partial charge < -0.3 is 19.8 Å². The Morgan fingerprint density at radius 2 is 1.74 bits per heavy atom. The first-order valence-electron chi connectivity index (χ1n) is 12.3. The molecule has 174 valence electrons. The molecule has 6 nitrogen and oxygen atoms in total. The van der Waals surface area contributed by atoms with Gasteiger partial charge in [0.05, 0.1) is 17.5 Å². The first-order chi connectivity index (χ1) is 16.6. The number of carbonyl (C=O) groups is 2. The predicted octanol–water partition coefficient (Wildman–Crippen LogP) is 4.30. The number of aryl methyl sites for hydroxylation is 1. The Morgan fingerprint density at radius 3 is 2.59 bits per heavy atom. The van der Waals surface area contributed by atoms with E-state index in [0.717, 1.165) is 40.4 Å². The molecule has 2 aliphatic rings. The Hall–Kier alpha value is -3.54. The third kappa shape index (κ3) is 3.58. The number of nitrogens with zero attached hydrogens (tertiary/aromatic N) is 2. The van der Waals surface area contributed by atoms with E-state index in [-0.39, 0.29) is 11.8 Å². The van der Waals surface area contributed by atoms with Crippen LogP contribution >= 0.6 is 0 Å². The van der Waals surface area contributed by atoms with Crippen LogP contribution < -0.4 is 0 Å². The highest BCUT2D eigenvalue weighted by molar-refractivity contribution is 6.07. The summed E-state index contributed by atoms with van der Waals surface area (Å²) in [6.07, 6.45) is 5.63. The van der Waals surface area contributed by atoms with E-state index in [9.17, 15) is 9.59 Å². The number of amides is 2. The van der Waals surface area contributed by atoms with Gasteiger partial charge in [-0.25, -0.2) is 0 Å². The van der Waals surface area contributed by atoms with Gasteiger partial charge in [-0.2, -0.15) is 0 Å². The van der Waals surface area contributed by atoms with Gasteiger partial charge in [0, 0.05) is 54.4 Å². The van der Waals surface area contributed by atoms with Crippen LogP contribution in [0.1, 0.15) is 40.5 Å². The lowest BCUT2D eigenvalue weighted by molar-refractivity contribution is -0.131. The Kier molecular flexibility index (Phi) is 5.16. The molecule has 34 heavy (non-hydrogen) atoms. The molecule has 1 aliphatic carbocycles. The molecule has 3 heterocycles. The standard InChI is InChI=1S/C28H30N4O2/c1-18-9-10-25-23(15-18)21-6-4-7-22(27(21)30-25)28(34)32-13-11-31(12-14-32)26(33)16-19-17-29-24-8-3-2-5-20(19)24/h2-8,17-18,29-30H,9-16H2,1H3. The number of fused-ring (bicyclic) bond motifs is 4. The van der Waals surface area contributed by atoms with E-state index in [1.165, 1.54) is 23.1 Å². The highest BCUT2D eigenvalue weighted by Crippen LogP contribution is 2.33. The third-order valence-corrected chi connectivity index (χ3v) is 7.64. The van der Waals surface area contributed by atoms with Crippen LogP contribution in [0.3, 0.4) is 0 Å². The quantitative estimate of drug-likeness (QED) is 0.484. The molecule has 1 atom stereocenters. The second-order valence-corrected chi connectivity index (χ2v) is 9.87. The molecule has 1 unspecified atom stereocenters. The van der Waals surface area contributed by atoms with Gasteiger partial charge in [-0.1, -0.05) is 37.3 Å². The monoisotopic (exact) mass is 454 g/mol. The van der Waals surface area contributed by atoms with E-state index in [1.807, 2.05) is 52.4 Å². The van der Waals surface area contributed by atoms with Gasteiger partial charge >= 0.3 is 0 Å². The molecule has 0 saturated carbocycles. The molecule has 0 spiro atoms. The average Bonchev–Trinajstić information content (AvgIpc) is 3.45. The van der Waals surface area contributed by atoms with Crippen molar-refractivity contribution in [3.63, 3.8) is 0 Å². The molecular weight excluding hydrogens is 424 g/mol. The summed E-state index contributed by atoms with van der Waals surface area (Å²) in [6, 6.07) is 14.1. The number of aromatic amines is 2. The van der Waals surface area contributed by atoms with Crippen molar-refractivity contribution in [3.05, 3.63) is 71.0 Å². The largest absolute Gasteiger partial charge is 0.361 e. The topological polar surface area (TPSA) is 72.2 Å². The van der Waals surface area contributed by atoms with Crippen LogP contribution in [0.25, 0.3) is 21.8 Å². The summed E-state index contributed by atoms with van der Waals surface area (Å²) in [6.45, 7) is 4.57. The van der Waals surface area contributed by atoms with Crippen LogP contribution in [-0.2, 0) is 24.1 Å². The summed E-state index contributed by atoms with van der Waals surface area (Å²) < 4.78 is 0. The Balaban J connectivity index is 1.15. The van der Waals surface area contributed by atoms with Crippen LogP contribution in [0.2, 0.25) is 0 Å². The molecule has 1 saturated heterocycles. The second kappa shape index (κ2) is 8.35. The van der Waals surface area contributed by atoms with Crippen molar-refractivity contribution >= 4 is 33.6 Å². The van der Waals surface area contributed by atoms with Crippen LogP contribution in [0.4, 0.5) is 0 Å². The van der Waals surface area contributed by atoms with Crippen molar-refractivity contribution in [1.82, 2.24) is 19.8 Å². The van der Waals surface area contributed by atoms with Crippen molar-refractivity contribution in [2.75, 3.05) is 26.2 Å². The number of rotatable bonds is 3. The van der Waals surface area contributed by atoms with Crippen molar-refractivity contribution in [3.8, 4) is 0 Å². The maximum atomic E-state index is 13.5. The van der Waals surface area contributed by atoms with E-state index >= 15 is 0 Å². The van der Waals surface area contributed by atoms with E-state index in [0.29, 0.717) is 38.5 Å². The van der Waals surface area contributed by atoms with Gasteiger partial charge in [0.1, 0.15) is 0 Å². The Labute approximate surface area is 198 Å². The lowest BCUT2D eigenvalue weighted by Gasteiger charge is -2.35. The Bertz CT molecular complexity index is 1390. The Morgan fingerprint density at radius 1 is 0.971 bits per heavy atom. The number of hydrogen-bond donors (Lipinski definition) is 2. The number of aromatic nitrogens is 2. The number of benzene rings is 2. The van der Waals surface area contributed by atoms with E-state index < -0.39 is 0 Å². The number of nitrogens with one attached hydrogen (secondary N) is 2. The first-order valence-corrected chi connectivity index (χ1v) is 12.3. The van der Waals surface area contributed by atoms with Gasteiger partial charge in [-0.15, -0.1) is 0 Å². The summed E-state index contributed by atoms with van der Waals surface area (Å²) in [7, 11) is 0. The highest BCUT2D eigenvalue weighted by Gasteiger charge is 2.28.